The van der Waals surface area contributed by atoms with Gasteiger partial charge in [0.1, 0.15) is 36.8 Å². The van der Waals surface area contributed by atoms with E-state index in [0.29, 0.717) is 12.8 Å². The van der Waals surface area contributed by atoms with Gasteiger partial charge in [0.15, 0.2) is 12.4 Å². The first-order valence-corrected chi connectivity index (χ1v) is 25.0. The monoisotopic (exact) mass is 861 g/mol. The lowest BCUT2D eigenvalue weighted by Gasteiger charge is -2.40. The van der Waals surface area contributed by atoms with Crippen LogP contribution in [0.3, 0.4) is 0 Å². The van der Waals surface area contributed by atoms with E-state index >= 15 is 0 Å². The highest BCUT2D eigenvalue weighted by molar-refractivity contribution is 7.85. The van der Waals surface area contributed by atoms with Crippen LogP contribution in [0.15, 0.2) is 24.3 Å². The van der Waals surface area contributed by atoms with E-state index in [4.69, 9.17) is 18.9 Å². The zero-order valence-corrected chi connectivity index (χ0v) is 37.7. The van der Waals surface area contributed by atoms with E-state index in [1.165, 1.54) is 96.3 Å². The van der Waals surface area contributed by atoms with Crippen molar-refractivity contribution >= 4 is 22.1 Å². The maximum Gasteiger partial charge on any atom is 0.306 e. The molecule has 1 saturated heterocycles. The van der Waals surface area contributed by atoms with E-state index in [0.717, 1.165) is 64.2 Å². The molecule has 0 aromatic rings. The molecule has 0 bridgehead atoms. The normalized spacial score (nSPS) is 20.4. The second-order valence-electron chi connectivity index (χ2n) is 16.4. The quantitative estimate of drug-likeness (QED) is 0.0199. The van der Waals surface area contributed by atoms with E-state index in [1.54, 1.807) is 0 Å². The van der Waals surface area contributed by atoms with Gasteiger partial charge < -0.3 is 34.3 Å². The van der Waals surface area contributed by atoms with Gasteiger partial charge >= 0.3 is 11.9 Å². The summed E-state index contributed by atoms with van der Waals surface area (Å²) in [6.07, 6.45) is 30.7. The molecule has 6 atom stereocenters. The van der Waals surface area contributed by atoms with Crippen molar-refractivity contribution in [2.24, 2.45) is 0 Å². The van der Waals surface area contributed by atoms with E-state index in [2.05, 4.69) is 38.2 Å². The van der Waals surface area contributed by atoms with Crippen molar-refractivity contribution in [1.29, 1.82) is 0 Å². The van der Waals surface area contributed by atoms with Gasteiger partial charge in [0.25, 0.3) is 10.1 Å². The van der Waals surface area contributed by atoms with Gasteiger partial charge in [-0.15, -0.1) is 0 Å². The summed E-state index contributed by atoms with van der Waals surface area (Å²) in [6.45, 7) is 3.74. The number of rotatable bonds is 39. The number of aliphatic hydroxyl groups is 3. The molecular weight excluding hydrogens is 777 g/mol. The van der Waals surface area contributed by atoms with Crippen molar-refractivity contribution in [3.8, 4) is 0 Å². The predicted molar refractivity (Wildman–Crippen MR) is 233 cm³/mol. The SMILES string of the molecule is CCCCC/C=C\C/C=C\CCCCCCCC(=O)OC(COC(=O)CCCCCCCCCCCCCCCCCC)COC1OC(CS(=O)(=O)O)C(O)C(O)C1O. The molecule has 1 rings (SSSR count). The topological polar surface area (TPSA) is 186 Å². The molecule has 1 heterocycles. The summed E-state index contributed by atoms with van der Waals surface area (Å²) < 4.78 is 54.1. The van der Waals surface area contributed by atoms with Gasteiger partial charge in [-0.25, -0.2) is 0 Å². The van der Waals surface area contributed by atoms with Crippen molar-refractivity contribution < 1.29 is 56.8 Å². The largest absolute Gasteiger partial charge is 0.462 e. The third-order valence-electron chi connectivity index (χ3n) is 10.8. The number of hydrogen-bond acceptors (Lipinski definition) is 11. The summed E-state index contributed by atoms with van der Waals surface area (Å²) in [5, 5.41) is 30.9. The molecule has 0 aliphatic carbocycles. The Hall–Kier alpha value is -1.87. The van der Waals surface area contributed by atoms with E-state index in [9.17, 15) is 37.9 Å². The Morgan fingerprint density at radius 2 is 1.02 bits per heavy atom. The van der Waals surface area contributed by atoms with Gasteiger partial charge in [-0.1, -0.05) is 167 Å². The number of aliphatic hydroxyl groups excluding tert-OH is 3. The lowest BCUT2D eigenvalue weighted by Crippen LogP contribution is -2.60. The smallest absolute Gasteiger partial charge is 0.306 e. The van der Waals surface area contributed by atoms with Gasteiger partial charge in [0.2, 0.25) is 0 Å². The number of carbonyl (C=O) groups excluding carboxylic acids is 2. The van der Waals surface area contributed by atoms with E-state index in [-0.39, 0.29) is 19.4 Å². The molecule has 12 nitrogen and oxygen atoms in total. The van der Waals surface area contributed by atoms with Crippen molar-refractivity contribution in [2.75, 3.05) is 19.0 Å². The summed E-state index contributed by atoms with van der Waals surface area (Å²) in [6, 6.07) is 0. The summed E-state index contributed by atoms with van der Waals surface area (Å²) in [5.41, 5.74) is 0. The minimum Gasteiger partial charge on any atom is -0.462 e. The van der Waals surface area contributed by atoms with Crippen LogP contribution in [0.1, 0.15) is 200 Å². The third kappa shape index (κ3) is 31.6. The average molecular weight is 861 g/mol. The highest BCUT2D eigenvalue weighted by Crippen LogP contribution is 2.24. The Kier molecular flexibility index (Phi) is 34.4. The van der Waals surface area contributed by atoms with Crippen LogP contribution in [0.5, 0.6) is 0 Å². The molecule has 0 amide bonds. The Bertz CT molecular complexity index is 1190. The van der Waals surface area contributed by atoms with Gasteiger partial charge in [0.05, 0.1) is 6.61 Å². The Labute approximate surface area is 358 Å². The lowest BCUT2D eigenvalue weighted by atomic mass is 10.00. The number of unbranched alkanes of at least 4 members (excludes halogenated alkanes) is 23. The maximum atomic E-state index is 12.8. The Morgan fingerprint density at radius 3 is 1.53 bits per heavy atom. The molecule has 13 heteroatoms. The number of carbonyl (C=O) groups is 2. The molecule has 0 aromatic heterocycles. The van der Waals surface area contributed by atoms with Crippen molar-refractivity contribution in [3.63, 3.8) is 0 Å². The summed E-state index contributed by atoms with van der Waals surface area (Å²) >= 11 is 0. The van der Waals surface area contributed by atoms with Gasteiger partial charge in [-0.3, -0.25) is 14.1 Å². The number of hydrogen-bond donors (Lipinski definition) is 4. The van der Waals surface area contributed by atoms with Crippen molar-refractivity contribution in [2.45, 2.75) is 237 Å². The van der Waals surface area contributed by atoms with Gasteiger partial charge in [0, 0.05) is 12.8 Å². The molecule has 1 aliphatic rings. The third-order valence-corrected chi connectivity index (χ3v) is 11.5. The molecule has 6 unspecified atom stereocenters. The molecule has 0 aromatic carbocycles. The molecule has 59 heavy (non-hydrogen) atoms. The highest BCUT2D eigenvalue weighted by atomic mass is 32.2. The minimum absolute atomic E-state index is 0.151. The minimum atomic E-state index is -4.60. The van der Waals surface area contributed by atoms with Crippen LogP contribution in [-0.2, 0) is 38.7 Å². The van der Waals surface area contributed by atoms with Crippen LogP contribution in [0, 0.1) is 0 Å². The molecular formula is C46H84O12S. The highest BCUT2D eigenvalue weighted by Gasteiger charge is 2.46. The molecule has 1 fully saturated rings. The summed E-state index contributed by atoms with van der Waals surface area (Å²) in [7, 11) is -4.60. The van der Waals surface area contributed by atoms with Crippen LogP contribution in [0.2, 0.25) is 0 Å². The predicted octanol–water partition coefficient (Wildman–Crippen LogP) is 9.62. The standard InChI is InChI=1S/C46H84O12S/c1-3-5-7-9-11-13-15-17-19-21-22-24-26-28-30-32-34-41(47)55-36-39(37-56-46-45(51)44(50)43(49)40(58-46)38-59(52,53)54)57-42(48)35-33-31-29-27-25-23-20-18-16-14-12-10-8-6-4-2/h12,14,18,20,39-40,43-46,49-51H,3-11,13,15-17,19,21-38H2,1-2H3,(H,52,53,54)/b14-12-,20-18-. The Balaban J connectivity index is 2.43. The zero-order valence-electron chi connectivity index (χ0n) is 36.9. The van der Waals surface area contributed by atoms with Crippen molar-refractivity contribution in [1.82, 2.24) is 0 Å². The lowest BCUT2D eigenvalue weighted by molar-refractivity contribution is -0.297. The van der Waals surface area contributed by atoms with E-state index < -0.39 is 71.2 Å². The van der Waals surface area contributed by atoms with Crippen LogP contribution >= 0.6 is 0 Å². The fourth-order valence-electron chi connectivity index (χ4n) is 7.12. The molecule has 0 saturated carbocycles. The van der Waals surface area contributed by atoms with Crippen LogP contribution in [0.25, 0.3) is 0 Å². The number of allylic oxidation sites excluding steroid dienone is 4. The van der Waals surface area contributed by atoms with Crippen LogP contribution < -0.4 is 0 Å². The Morgan fingerprint density at radius 1 is 0.576 bits per heavy atom. The first kappa shape index (κ1) is 55.1. The molecule has 0 spiro atoms. The van der Waals surface area contributed by atoms with Crippen molar-refractivity contribution in [3.05, 3.63) is 24.3 Å². The second-order valence-corrected chi connectivity index (χ2v) is 17.9. The summed E-state index contributed by atoms with van der Waals surface area (Å²) in [4.78, 5) is 25.4. The van der Waals surface area contributed by atoms with E-state index in [1.807, 2.05) is 0 Å². The first-order chi connectivity index (χ1) is 28.5. The first-order valence-electron chi connectivity index (χ1n) is 23.4. The van der Waals surface area contributed by atoms with Gasteiger partial charge in [-0.2, -0.15) is 8.42 Å². The number of ether oxygens (including phenoxy) is 4. The zero-order chi connectivity index (χ0) is 43.4. The average Bonchev–Trinajstić information content (AvgIpc) is 3.20. The van der Waals surface area contributed by atoms with Crippen LogP contribution in [0.4, 0.5) is 0 Å². The molecule has 4 N–H and O–H groups in total. The molecule has 346 valence electrons. The fraction of sp³-hybridized carbons (Fsp3) is 0.870. The van der Waals surface area contributed by atoms with Crippen LogP contribution in [-0.4, -0.2) is 96.0 Å². The van der Waals surface area contributed by atoms with Gasteiger partial charge in [-0.05, 0) is 44.9 Å². The summed E-state index contributed by atoms with van der Waals surface area (Å²) in [5.74, 6) is -1.99. The maximum absolute atomic E-state index is 12.8. The second kappa shape index (κ2) is 36.8. The molecule has 0 radical (unpaired) electrons. The molecule has 1 aliphatic heterocycles. The fourth-order valence-corrected chi connectivity index (χ4v) is 7.81. The number of esters is 2.